The van der Waals surface area contributed by atoms with Gasteiger partial charge in [0.25, 0.3) is 0 Å². The third-order valence-corrected chi connectivity index (χ3v) is 3.45. The molecule has 3 aromatic rings. The van der Waals surface area contributed by atoms with Crippen molar-refractivity contribution < 1.29 is 14.3 Å². The first kappa shape index (κ1) is 17.6. The Hall–Kier alpha value is -4.19. The number of methoxy groups -OCH3 is 1. The highest BCUT2D eigenvalue weighted by Crippen LogP contribution is 2.30. The first-order valence-electron chi connectivity index (χ1n) is 7.77. The second-order valence-corrected chi connectivity index (χ2v) is 5.17. The summed E-state index contributed by atoms with van der Waals surface area (Å²) < 4.78 is 10.6. The minimum Gasteiger partial charge on any atom is -0.465 e. The van der Waals surface area contributed by atoms with Crippen LogP contribution in [0.25, 0.3) is 5.57 Å². The van der Waals surface area contributed by atoms with Crippen molar-refractivity contribution in [3.05, 3.63) is 66.1 Å². The molecule has 0 fully saturated rings. The number of hydrogen-bond acceptors (Lipinski definition) is 8. The number of nitrogens with zero attached hydrogens (tertiary/aromatic N) is 4. The summed E-state index contributed by atoms with van der Waals surface area (Å²) >= 11 is 0. The number of hydrogen-bond donors (Lipinski definition) is 2. The van der Waals surface area contributed by atoms with Crippen LogP contribution in [0.15, 0.2) is 54.7 Å². The normalized spacial score (nSPS) is 10.7. The Morgan fingerprint density at radius 1 is 1.26 bits per heavy atom. The Morgan fingerprint density at radius 3 is 2.85 bits per heavy atom. The molecule has 0 bridgehead atoms. The van der Waals surface area contributed by atoms with E-state index in [2.05, 4.69) is 25.9 Å². The maximum Gasteiger partial charge on any atom is 0.337 e. The largest absolute Gasteiger partial charge is 0.465 e. The zero-order valence-corrected chi connectivity index (χ0v) is 14.2. The van der Waals surface area contributed by atoms with E-state index in [4.69, 9.17) is 9.47 Å². The van der Waals surface area contributed by atoms with Crippen LogP contribution >= 0.6 is 0 Å². The van der Waals surface area contributed by atoms with Gasteiger partial charge in [0, 0.05) is 6.20 Å². The topological polar surface area (TPSA) is 126 Å². The molecule has 27 heavy (non-hydrogen) atoms. The lowest BCUT2D eigenvalue weighted by Gasteiger charge is -2.11. The van der Waals surface area contributed by atoms with Crippen LogP contribution in [-0.4, -0.2) is 33.7 Å². The third-order valence-electron chi connectivity index (χ3n) is 3.45. The second-order valence-electron chi connectivity index (χ2n) is 5.17. The number of nitrogens with one attached hydrogen (secondary N) is 2. The number of tetrazole rings is 1. The number of esters is 1. The van der Waals surface area contributed by atoms with Crippen molar-refractivity contribution in [2.75, 3.05) is 12.4 Å². The molecule has 0 radical (unpaired) electrons. The molecule has 0 aliphatic heterocycles. The van der Waals surface area contributed by atoms with Gasteiger partial charge in [-0.2, -0.15) is 10.5 Å². The van der Waals surface area contributed by atoms with Crippen LogP contribution in [0.5, 0.6) is 11.5 Å². The molecule has 0 saturated carbocycles. The number of benzene rings is 2. The average Bonchev–Trinajstić information content (AvgIpc) is 3.24. The molecule has 0 saturated heterocycles. The van der Waals surface area contributed by atoms with E-state index >= 15 is 0 Å². The Bertz CT molecular complexity index is 1010. The fraction of sp³-hybridized carbons (Fsp3) is 0.0556. The molecule has 0 aliphatic rings. The molecule has 9 heteroatoms. The van der Waals surface area contributed by atoms with Gasteiger partial charge in [0.05, 0.1) is 18.4 Å². The monoisotopic (exact) mass is 362 g/mol. The number of ether oxygens (including phenoxy) is 2. The van der Waals surface area contributed by atoms with Crippen LogP contribution in [0.3, 0.4) is 0 Å². The van der Waals surface area contributed by atoms with Gasteiger partial charge in [0.2, 0.25) is 5.82 Å². The van der Waals surface area contributed by atoms with Crippen molar-refractivity contribution in [2.45, 2.75) is 0 Å². The Kier molecular flexibility index (Phi) is 5.39. The first-order valence-corrected chi connectivity index (χ1v) is 7.77. The summed E-state index contributed by atoms with van der Waals surface area (Å²) in [6.07, 6.45) is 1.46. The highest BCUT2D eigenvalue weighted by Gasteiger charge is 2.10. The van der Waals surface area contributed by atoms with E-state index in [1.54, 1.807) is 42.5 Å². The predicted molar refractivity (Wildman–Crippen MR) is 95.7 cm³/mol. The molecule has 2 N–H and O–H groups in total. The minimum absolute atomic E-state index is 0.175. The molecule has 0 amide bonds. The molecular formula is C18H14N6O3. The van der Waals surface area contributed by atoms with Gasteiger partial charge in [-0.25, -0.2) is 4.79 Å². The molecule has 0 atom stereocenters. The molecule has 0 spiro atoms. The Labute approximate surface area is 154 Å². The number of para-hydroxylation sites is 2. The first-order chi connectivity index (χ1) is 13.2. The number of aromatic amines is 1. The van der Waals surface area contributed by atoms with Gasteiger partial charge in [-0.15, -0.1) is 10.2 Å². The maximum atomic E-state index is 11.7. The second kappa shape index (κ2) is 8.26. The number of aromatic nitrogens is 4. The Morgan fingerprint density at radius 2 is 2.11 bits per heavy atom. The number of H-pyrrole nitrogens is 1. The van der Waals surface area contributed by atoms with Crippen molar-refractivity contribution >= 4 is 17.2 Å². The van der Waals surface area contributed by atoms with Gasteiger partial charge in [0.1, 0.15) is 17.4 Å². The van der Waals surface area contributed by atoms with Gasteiger partial charge >= 0.3 is 5.97 Å². The maximum absolute atomic E-state index is 11.7. The minimum atomic E-state index is -0.450. The van der Waals surface area contributed by atoms with Gasteiger partial charge in [-0.3, -0.25) is 0 Å². The zero-order chi connectivity index (χ0) is 19.1. The molecule has 9 nitrogen and oxygen atoms in total. The lowest BCUT2D eigenvalue weighted by Crippen LogP contribution is -2.01. The fourth-order valence-electron chi connectivity index (χ4n) is 2.18. The van der Waals surface area contributed by atoms with Crippen LogP contribution in [0.1, 0.15) is 16.2 Å². The summed E-state index contributed by atoms with van der Waals surface area (Å²) in [5.41, 5.74) is 1.19. The summed E-state index contributed by atoms with van der Waals surface area (Å²) in [5.74, 6) is 0.693. The summed E-state index contributed by atoms with van der Waals surface area (Å²) in [4.78, 5) is 11.7. The van der Waals surface area contributed by atoms with Gasteiger partial charge in [-0.05, 0) is 35.5 Å². The third kappa shape index (κ3) is 4.26. The standard InChI is InChI=1S/C18H14N6O3/c1-26-18(25)12-5-4-6-14(9-12)27-16-8-3-2-7-15(16)20-11-13(10-19)17-21-23-24-22-17/h2-9,11,20H,1H3,(H,21,22,23,24). The molecule has 134 valence electrons. The van der Waals surface area contributed by atoms with E-state index in [1.807, 2.05) is 12.1 Å². The van der Waals surface area contributed by atoms with Crippen LogP contribution in [0, 0.1) is 11.3 Å². The van der Waals surface area contributed by atoms with E-state index in [1.165, 1.54) is 13.3 Å². The van der Waals surface area contributed by atoms with Crippen molar-refractivity contribution in [1.29, 1.82) is 5.26 Å². The molecule has 2 aromatic carbocycles. The van der Waals surface area contributed by atoms with Gasteiger partial charge < -0.3 is 14.8 Å². The van der Waals surface area contributed by atoms with E-state index in [0.717, 1.165) is 0 Å². The fourth-order valence-corrected chi connectivity index (χ4v) is 2.18. The van der Waals surface area contributed by atoms with Crippen LogP contribution in [0.2, 0.25) is 0 Å². The average molecular weight is 362 g/mol. The predicted octanol–water partition coefficient (Wildman–Crippen LogP) is 2.76. The van der Waals surface area contributed by atoms with Crippen molar-refractivity contribution in [2.24, 2.45) is 0 Å². The van der Waals surface area contributed by atoms with Crippen LogP contribution in [-0.2, 0) is 4.74 Å². The highest BCUT2D eigenvalue weighted by atomic mass is 16.5. The van der Waals surface area contributed by atoms with E-state index in [9.17, 15) is 10.1 Å². The van der Waals surface area contributed by atoms with Crippen molar-refractivity contribution in [3.63, 3.8) is 0 Å². The van der Waals surface area contributed by atoms with Crippen molar-refractivity contribution in [1.82, 2.24) is 20.6 Å². The summed E-state index contributed by atoms with van der Waals surface area (Å²) in [6.45, 7) is 0. The van der Waals surface area contributed by atoms with E-state index in [0.29, 0.717) is 22.7 Å². The number of carbonyl (C=O) groups excluding carboxylic acids is 1. The molecule has 1 heterocycles. The zero-order valence-electron chi connectivity index (χ0n) is 14.2. The van der Waals surface area contributed by atoms with Crippen LogP contribution in [0.4, 0.5) is 5.69 Å². The number of nitriles is 1. The summed E-state index contributed by atoms with van der Waals surface area (Å²) in [7, 11) is 1.32. The Balaban J connectivity index is 1.83. The lowest BCUT2D eigenvalue weighted by molar-refractivity contribution is 0.0600. The van der Waals surface area contributed by atoms with Gasteiger partial charge in [-0.1, -0.05) is 18.2 Å². The lowest BCUT2D eigenvalue weighted by atomic mass is 10.2. The van der Waals surface area contributed by atoms with Crippen LogP contribution < -0.4 is 10.1 Å². The van der Waals surface area contributed by atoms with E-state index < -0.39 is 5.97 Å². The van der Waals surface area contributed by atoms with Crippen molar-refractivity contribution in [3.8, 4) is 17.6 Å². The quantitative estimate of drug-likeness (QED) is 0.506. The molecule has 3 rings (SSSR count). The highest BCUT2D eigenvalue weighted by molar-refractivity contribution is 5.89. The summed E-state index contributed by atoms with van der Waals surface area (Å²) in [6, 6.07) is 15.8. The molecule has 0 unspecified atom stereocenters. The van der Waals surface area contributed by atoms with Gasteiger partial charge in [0.15, 0.2) is 5.75 Å². The molecular weight excluding hydrogens is 348 g/mol. The van der Waals surface area contributed by atoms with E-state index in [-0.39, 0.29) is 11.4 Å². The number of rotatable bonds is 6. The number of anilines is 1. The smallest absolute Gasteiger partial charge is 0.337 e. The number of carbonyl (C=O) groups is 1. The molecule has 1 aromatic heterocycles. The summed E-state index contributed by atoms with van der Waals surface area (Å²) in [5, 5.41) is 25.5. The molecule has 0 aliphatic carbocycles. The number of allylic oxidation sites excluding steroid dienone is 1. The SMILES string of the molecule is COC(=O)c1cccc(Oc2ccccc2NC=C(C#N)c2nn[nH]n2)c1.